The van der Waals surface area contributed by atoms with E-state index in [4.69, 9.17) is 9.47 Å². The van der Waals surface area contributed by atoms with Gasteiger partial charge < -0.3 is 25.0 Å². The van der Waals surface area contributed by atoms with E-state index in [2.05, 4.69) is 42.8 Å². The van der Waals surface area contributed by atoms with Gasteiger partial charge in [0.1, 0.15) is 29.3 Å². The van der Waals surface area contributed by atoms with Gasteiger partial charge in [0.2, 0.25) is 27.7 Å². The number of likely N-dealkylation sites (tertiary alicyclic amines) is 1. The highest BCUT2D eigenvalue weighted by Gasteiger charge is 2.62. The molecule has 1 aromatic heterocycles. The standard InChI is InChI=1S/C37H46BrN5O9S/c1-7-21(3)30(44)14-13-28(40-35(48)52-36(4,5)6)33(46)43-20-25(51-32-27-17-24(38)10-9-22(27)15-16-39-32)18-29(43)31(45)41-37(19-23(37)8-2)34(47)42-53(49,50)26-11-12-26/h7-10,15-17,23,25-26,28-29H,2,11-14,18-20H2,1,3-6H3,(H,40,48)(H,41,45)(H,42,47)/b21-7+. The first-order valence-corrected chi connectivity index (χ1v) is 19.9. The van der Waals surface area contributed by atoms with Gasteiger partial charge in [0.15, 0.2) is 5.78 Å². The van der Waals surface area contributed by atoms with E-state index in [9.17, 15) is 32.4 Å². The highest BCUT2D eigenvalue weighted by Crippen LogP contribution is 2.45. The van der Waals surface area contributed by atoms with Crippen molar-refractivity contribution in [3.05, 3.63) is 59.2 Å². The molecular weight excluding hydrogens is 770 g/mol. The summed E-state index contributed by atoms with van der Waals surface area (Å²) in [7, 11) is -3.93. The first kappa shape index (κ1) is 39.9. The van der Waals surface area contributed by atoms with E-state index in [1.165, 1.54) is 11.0 Å². The van der Waals surface area contributed by atoms with Crippen LogP contribution in [0.25, 0.3) is 10.8 Å². The van der Waals surface area contributed by atoms with Crippen molar-refractivity contribution in [3.8, 4) is 5.88 Å². The Labute approximate surface area is 317 Å². The summed E-state index contributed by atoms with van der Waals surface area (Å²) in [6, 6.07) is 4.92. The number of fused-ring (bicyclic) bond motifs is 1. The van der Waals surface area contributed by atoms with Gasteiger partial charge in [-0.15, -0.1) is 6.58 Å². The molecule has 4 amide bonds. The van der Waals surface area contributed by atoms with E-state index in [0.717, 1.165) is 9.86 Å². The largest absolute Gasteiger partial charge is 0.472 e. The van der Waals surface area contributed by atoms with Crippen molar-refractivity contribution in [1.29, 1.82) is 0 Å². The molecule has 5 rings (SSSR count). The Morgan fingerprint density at radius 3 is 2.51 bits per heavy atom. The summed E-state index contributed by atoms with van der Waals surface area (Å²) in [5, 5.41) is 6.22. The third-order valence-corrected chi connectivity index (χ3v) is 11.9. The lowest BCUT2D eigenvalue weighted by molar-refractivity contribution is -0.141. The Bertz CT molecular complexity index is 1960. The Kier molecular flexibility index (Phi) is 11.7. The third kappa shape index (κ3) is 9.44. The number of ketones is 1. The zero-order chi connectivity index (χ0) is 38.9. The number of Topliss-reactive ketones (excluding diaryl/α,β-unsaturated/α-hetero) is 1. The Morgan fingerprint density at radius 1 is 1.17 bits per heavy atom. The predicted molar refractivity (Wildman–Crippen MR) is 200 cm³/mol. The first-order valence-electron chi connectivity index (χ1n) is 17.5. The van der Waals surface area contributed by atoms with Gasteiger partial charge in [-0.05, 0) is 89.5 Å². The van der Waals surface area contributed by atoms with Gasteiger partial charge in [-0.3, -0.25) is 23.9 Å². The molecule has 3 N–H and O–H groups in total. The van der Waals surface area contributed by atoms with E-state index in [1.54, 1.807) is 46.9 Å². The summed E-state index contributed by atoms with van der Waals surface area (Å²) in [6.07, 6.45) is 3.83. The molecule has 0 bridgehead atoms. The molecule has 3 fully saturated rings. The van der Waals surface area contributed by atoms with Crippen molar-refractivity contribution in [3.63, 3.8) is 0 Å². The quantitative estimate of drug-likeness (QED) is 0.184. The van der Waals surface area contributed by atoms with Crippen LogP contribution in [0.5, 0.6) is 5.88 Å². The van der Waals surface area contributed by atoms with E-state index >= 15 is 0 Å². The second kappa shape index (κ2) is 15.6. The van der Waals surface area contributed by atoms with Gasteiger partial charge in [-0.1, -0.05) is 34.1 Å². The highest BCUT2D eigenvalue weighted by molar-refractivity contribution is 9.10. The average molecular weight is 817 g/mol. The normalized spacial score (nSPS) is 23.5. The fourth-order valence-electron chi connectivity index (χ4n) is 6.30. The van der Waals surface area contributed by atoms with Crippen LogP contribution in [0.2, 0.25) is 0 Å². The van der Waals surface area contributed by atoms with Crippen molar-refractivity contribution in [1.82, 2.24) is 25.2 Å². The summed E-state index contributed by atoms with van der Waals surface area (Å²) in [5.74, 6) is -2.78. The van der Waals surface area contributed by atoms with E-state index in [0.29, 0.717) is 23.8 Å². The van der Waals surface area contributed by atoms with Gasteiger partial charge in [-0.25, -0.2) is 18.2 Å². The Morgan fingerprint density at radius 2 is 1.89 bits per heavy atom. The van der Waals surface area contributed by atoms with Crippen LogP contribution in [-0.2, 0) is 33.9 Å². The van der Waals surface area contributed by atoms with Crippen molar-refractivity contribution < 1.29 is 41.9 Å². The summed E-state index contributed by atoms with van der Waals surface area (Å²) in [6.45, 7) is 12.0. The topological polar surface area (TPSA) is 190 Å². The zero-order valence-corrected chi connectivity index (χ0v) is 32.8. The van der Waals surface area contributed by atoms with Crippen molar-refractivity contribution in [2.75, 3.05) is 6.54 Å². The predicted octanol–water partition coefficient (Wildman–Crippen LogP) is 4.22. The number of rotatable bonds is 14. The number of hydrogen-bond donors (Lipinski definition) is 3. The van der Waals surface area contributed by atoms with E-state index in [1.807, 2.05) is 24.3 Å². The maximum Gasteiger partial charge on any atom is 0.408 e. The molecule has 1 saturated heterocycles. The fraction of sp³-hybridized carbons (Fsp3) is 0.514. The molecule has 286 valence electrons. The van der Waals surface area contributed by atoms with Crippen LogP contribution in [0, 0.1) is 5.92 Å². The molecule has 2 heterocycles. The number of pyridine rings is 1. The minimum atomic E-state index is -3.93. The van der Waals surface area contributed by atoms with E-state index in [-0.39, 0.29) is 43.9 Å². The smallest absolute Gasteiger partial charge is 0.408 e. The van der Waals surface area contributed by atoms with Crippen LogP contribution in [0.3, 0.4) is 0 Å². The maximum atomic E-state index is 14.5. The van der Waals surface area contributed by atoms with Crippen LogP contribution < -0.4 is 20.1 Å². The molecule has 14 nitrogen and oxygen atoms in total. The molecule has 2 aromatic rings. The molecule has 5 atom stereocenters. The molecule has 1 aromatic carbocycles. The molecular formula is C37H46BrN5O9S. The second-order valence-electron chi connectivity index (χ2n) is 14.8. The Balaban J connectivity index is 1.45. The maximum absolute atomic E-state index is 14.5. The number of nitrogens with one attached hydrogen (secondary N) is 3. The van der Waals surface area contributed by atoms with Crippen LogP contribution in [0.1, 0.15) is 73.1 Å². The number of nitrogens with zero attached hydrogens (tertiary/aromatic N) is 2. The molecule has 1 aliphatic heterocycles. The molecule has 53 heavy (non-hydrogen) atoms. The number of carbonyl (C=O) groups is 5. The number of allylic oxidation sites excluding steroid dienone is 2. The van der Waals surface area contributed by atoms with Gasteiger partial charge in [0, 0.05) is 34.8 Å². The van der Waals surface area contributed by atoms with Crippen LogP contribution >= 0.6 is 15.9 Å². The fourth-order valence-corrected chi connectivity index (χ4v) is 8.03. The number of benzene rings is 1. The lowest BCUT2D eigenvalue weighted by Gasteiger charge is -2.30. The number of halogens is 1. The van der Waals surface area contributed by atoms with Crippen LogP contribution in [-0.4, -0.2) is 89.0 Å². The summed E-state index contributed by atoms with van der Waals surface area (Å²) >= 11 is 3.48. The molecule has 5 unspecified atom stereocenters. The minimum absolute atomic E-state index is 0.0315. The minimum Gasteiger partial charge on any atom is -0.472 e. The van der Waals surface area contributed by atoms with Gasteiger partial charge >= 0.3 is 6.09 Å². The van der Waals surface area contributed by atoms with Gasteiger partial charge in [0.05, 0.1) is 11.8 Å². The molecule has 0 spiro atoms. The first-order chi connectivity index (χ1) is 24.9. The Hall–Kier alpha value is -4.31. The van der Waals surface area contributed by atoms with Crippen molar-refractivity contribution >= 4 is 66.3 Å². The molecule has 2 aliphatic carbocycles. The molecule has 0 radical (unpaired) electrons. The monoisotopic (exact) mass is 815 g/mol. The molecule has 16 heteroatoms. The number of amides is 4. The summed E-state index contributed by atoms with van der Waals surface area (Å²) in [5.41, 5.74) is -2.00. The number of sulfonamides is 1. The van der Waals surface area contributed by atoms with Crippen molar-refractivity contribution in [2.45, 2.75) is 108 Å². The molecule has 3 aliphatic rings. The number of ether oxygens (including phenoxy) is 2. The van der Waals surface area contributed by atoms with E-state index < -0.39 is 74.3 Å². The second-order valence-corrected chi connectivity index (χ2v) is 17.7. The molecule has 2 saturated carbocycles. The number of aromatic nitrogens is 1. The summed E-state index contributed by atoms with van der Waals surface area (Å²) in [4.78, 5) is 73.7. The lowest BCUT2D eigenvalue weighted by atomic mass is 10.0. The highest BCUT2D eigenvalue weighted by atomic mass is 79.9. The number of carbonyl (C=O) groups excluding carboxylic acids is 5. The van der Waals surface area contributed by atoms with Crippen LogP contribution in [0.4, 0.5) is 4.79 Å². The number of hydrogen-bond acceptors (Lipinski definition) is 10. The average Bonchev–Trinajstić information content (AvgIpc) is 4.02. The van der Waals surface area contributed by atoms with Gasteiger partial charge in [-0.2, -0.15) is 0 Å². The third-order valence-electron chi connectivity index (χ3n) is 9.59. The van der Waals surface area contributed by atoms with Crippen LogP contribution in [0.15, 0.2) is 59.2 Å². The van der Waals surface area contributed by atoms with Gasteiger partial charge in [0.25, 0.3) is 5.91 Å². The zero-order valence-electron chi connectivity index (χ0n) is 30.4. The number of alkyl carbamates (subject to hydrolysis) is 1. The lowest BCUT2D eigenvalue weighted by Crippen LogP contribution is -2.58. The SMILES string of the molecule is C=CC1CC1(NC(=O)C1CC(Oc2nccc3ccc(Br)cc23)CN1C(=O)C(CCC(=O)/C(C)=C/C)NC(=O)OC(C)(C)C)C(=O)NS(=O)(=O)C1CC1. The summed E-state index contributed by atoms with van der Waals surface area (Å²) < 4.78 is 40.1. The van der Waals surface area contributed by atoms with Crippen molar-refractivity contribution in [2.24, 2.45) is 5.92 Å².